The zero-order valence-corrected chi connectivity index (χ0v) is 22.0. The number of nitrogens with one attached hydrogen (secondary N) is 3. The number of aromatic nitrogens is 2. The second kappa shape index (κ2) is 10.2. The van der Waals surface area contributed by atoms with E-state index in [1.807, 2.05) is 32.2 Å². The lowest BCUT2D eigenvalue weighted by Gasteiger charge is -2.28. The zero-order chi connectivity index (χ0) is 25.3. The van der Waals surface area contributed by atoms with Crippen molar-refractivity contribution < 1.29 is 18.2 Å². The Hall–Kier alpha value is -2.92. The van der Waals surface area contributed by atoms with Gasteiger partial charge in [0.1, 0.15) is 6.26 Å². The quantitative estimate of drug-likeness (QED) is 0.313. The average molecular weight is 530 g/mol. The van der Waals surface area contributed by atoms with Crippen molar-refractivity contribution in [1.29, 1.82) is 4.78 Å². The lowest BCUT2D eigenvalue weighted by molar-refractivity contribution is 0.109. The highest BCUT2D eigenvalue weighted by atomic mass is 32.2. The van der Waals surface area contributed by atoms with Crippen molar-refractivity contribution in [1.82, 2.24) is 15.3 Å². The molecule has 2 aromatic heterocycles. The second-order valence-electron chi connectivity index (χ2n) is 9.68. The monoisotopic (exact) mass is 529 g/mol. The summed E-state index contributed by atoms with van der Waals surface area (Å²) in [7, 11) is -2.95. The maximum atomic E-state index is 13.5. The van der Waals surface area contributed by atoms with Gasteiger partial charge in [-0.3, -0.25) is 0 Å². The molecule has 0 bridgehead atoms. The first kappa shape index (κ1) is 24.8. The van der Waals surface area contributed by atoms with E-state index in [2.05, 4.69) is 15.6 Å². The summed E-state index contributed by atoms with van der Waals surface area (Å²) in [6, 6.07) is 6.06. The van der Waals surface area contributed by atoms with Crippen LogP contribution < -0.4 is 10.6 Å². The van der Waals surface area contributed by atoms with E-state index in [1.54, 1.807) is 23.6 Å². The van der Waals surface area contributed by atoms with Gasteiger partial charge in [-0.1, -0.05) is 6.07 Å². The molecule has 1 aromatic carbocycles. The molecule has 1 amide bonds. The molecule has 3 N–H and O–H groups in total. The molecule has 9 nitrogen and oxygen atoms in total. The molecule has 5 rings (SSSR count). The fraction of sp³-hybridized carbons (Fsp3) is 0.480. The minimum Gasteiger partial charge on any atom is -0.447 e. The molecule has 2 heterocycles. The molecule has 2 aliphatic rings. The summed E-state index contributed by atoms with van der Waals surface area (Å²) in [6.45, 7) is 3.68. The van der Waals surface area contributed by atoms with Crippen LogP contribution in [0.15, 0.2) is 46.2 Å². The van der Waals surface area contributed by atoms with Crippen molar-refractivity contribution in [3.05, 3.63) is 41.9 Å². The molecule has 1 unspecified atom stereocenters. The van der Waals surface area contributed by atoms with Crippen molar-refractivity contribution in [2.75, 3.05) is 5.32 Å². The summed E-state index contributed by atoms with van der Waals surface area (Å²) in [5, 5.41) is 6.99. The summed E-state index contributed by atoms with van der Waals surface area (Å²) in [5.41, 5.74) is 1.48. The molecule has 0 radical (unpaired) electrons. The smallest absolute Gasteiger partial charge is 0.407 e. The van der Waals surface area contributed by atoms with Crippen LogP contribution in [0.5, 0.6) is 0 Å². The van der Waals surface area contributed by atoms with E-state index in [0.29, 0.717) is 22.5 Å². The molecule has 0 spiro atoms. The number of oxazole rings is 1. The van der Waals surface area contributed by atoms with Crippen LogP contribution in [-0.2, 0) is 14.5 Å². The number of alkyl carbamates (subject to hydrolysis) is 1. The van der Waals surface area contributed by atoms with E-state index in [-0.39, 0.29) is 23.5 Å². The first-order chi connectivity index (χ1) is 17.3. The van der Waals surface area contributed by atoms with Gasteiger partial charge in [-0.15, -0.1) is 11.3 Å². The van der Waals surface area contributed by atoms with E-state index >= 15 is 0 Å². The van der Waals surface area contributed by atoms with Crippen LogP contribution in [0.4, 0.5) is 16.5 Å². The summed E-state index contributed by atoms with van der Waals surface area (Å²) >= 11 is 1.61. The molecule has 0 saturated heterocycles. The maximum Gasteiger partial charge on any atom is 0.407 e. The molecule has 0 aliphatic heterocycles. The summed E-state index contributed by atoms with van der Waals surface area (Å²) in [6.07, 6.45) is 9.63. The normalized spacial score (nSPS) is 21.6. The Balaban J connectivity index is 1.33. The standard InChI is InChI=1S/C25H31N5O4S2/c1-15(2)34-25(31)30-17-5-3-16(4-6-17)23-28-14-21(35-23)20-10-7-18(29-24-27-11-12-33-24)13-22(20)36(26,32)19-8-9-19/h7,10-17,19,26H,3-6,8-9H2,1-2H3,(H,27,29)(H,30,31). The number of amides is 1. The van der Waals surface area contributed by atoms with Gasteiger partial charge in [-0.05, 0) is 64.5 Å². The van der Waals surface area contributed by atoms with Gasteiger partial charge in [0, 0.05) is 34.7 Å². The van der Waals surface area contributed by atoms with E-state index in [1.165, 1.54) is 6.26 Å². The first-order valence-electron chi connectivity index (χ1n) is 12.3. The predicted octanol–water partition coefficient (Wildman–Crippen LogP) is 6.27. The van der Waals surface area contributed by atoms with E-state index in [9.17, 15) is 9.00 Å². The van der Waals surface area contributed by atoms with Crippen LogP contribution in [0.2, 0.25) is 0 Å². The van der Waals surface area contributed by atoms with Gasteiger partial charge in [0.05, 0.1) is 36.8 Å². The largest absolute Gasteiger partial charge is 0.447 e. The first-order valence-corrected chi connectivity index (χ1v) is 14.7. The molecule has 1 atom stereocenters. The Morgan fingerprint density at radius 2 is 1.97 bits per heavy atom. The third-order valence-corrected chi connectivity index (χ3v) is 10.1. The molecule has 36 heavy (non-hydrogen) atoms. The summed E-state index contributed by atoms with van der Waals surface area (Å²) in [5.74, 6) is 0.320. The van der Waals surface area contributed by atoms with Crippen LogP contribution in [0.1, 0.15) is 63.3 Å². The number of hydrogen-bond donors (Lipinski definition) is 3. The Bertz CT molecular complexity index is 1310. The molecule has 2 aliphatic carbocycles. The Morgan fingerprint density at radius 3 is 2.64 bits per heavy atom. The molecular weight excluding hydrogens is 498 g/mol. The van der Waals surface area contributed by atoms with Gasteiger partial charge >= 0.3 is 6.09 Å². The van der Waals surface area contributed by atoms with Gasteiger partial charge in [0.2, 0.25) is 0 Å². The Morgan fingerprint density at radius 1 is 1.19 bits per heavy atom. The predicted molar refractivity (Wildman–Crippen MR) is 139 cm³/mol. The number of rotatable bonds is 8. The van der Waals surface area contributed by atoms with E-state index in [0.717, 1.165) is 54.0 Å². The zero-order valence-electron chi connectivity index (χ0n) is 20.4. The average Bonchev–Trinajstić information content (AvgIpc) is 3.38. The lowest BCUT2D eigenvalue weighted by Crippen LogP contribution is -2.38. The van der Waals surface area contributed by atoms with Gasteiger partial charge < -0.3 is 19.8 Å². The molecule has 2 fully saturated rings. The maximum absolute atomic E-state index is 13.5. The highest BCUT2D eigenvalue weighted by Crippen LogP contribution is 2.43. The molecule has 2 saturated carbocycles. The van der Waals surface area contributed by atoms with Crippen LogP contribution in [0.25, 0.3) is 10.4 Å². The number of carbonyl (C=O) groups is 1. The van der Waals surface area contributed by atoms with Gasteiger partial charge in [-0.25, -0.2) is 23.8 Å². The van der Waals surface area contributed by atoms with Gasteiger partial charge in [0.15, 0.2) is 0 Å². The molecular formula is C25H31N5O4S2. The number of nitrogens with zero attached hydrogens (tertiary/aromatic N) is 2. The second-order valence-corrected chi connectivity index (χ2v) is 13.1. The third kappa shape index (κ3) is 5.57. The highest BCUT2D eigenvalue weighted by molar-refractivity contribution is 7.93. The fourth-order valence-corrected chi connectivity index (χ4v) is 7.70. The minimum atomic E-state index is -2.95. The van der Waals surface area contributed by atoms with Gasteiger partial charge in [-0.2, -0.15) is 0 Å². The van der Waals surface area contributed by atoms with Crippen LogP contribution in [0.3, 0.4) is 0 Å². The lowest BCUT2D eigenvalue weighted by atomic mass is 9.86. The number of benzene rings is 1. The minimum absolute atomic E-state index is 0.106. The van der Waals surface area contributed by atoms with Crippen LogP contribution >= 0.6 is 11.3 Å². The van der Waals surface area contributed by atoms with E-state index in [4.69, 9.17) is 18.9 Å². The molecule has 192 valence electrons. The van der Waals surface area contributed by atoms with Crippen molar-refractivity contribution >= 4 is 38.9 Å². The molecule has 11 heteroatoms. The number of thiazole rings is 1. The number of hydrogen-bond acceptors (Lipinski definition) is 9. The van der Waals surface area contributed by atoms with Crippen molar-refractivity contribution in [3.8, 4) is 10.4 Å². The fourth-order valence-electron chi connectivity index (χ4n) is 4.54. The Kier molecular flexibility index (Phi) is 7.03. The van der Waals surface area contributed by atoms with Crippen LogP contribution in [0, 0.1) is 4.78 Å². The molecule has 3 aromatic rings. The van der Waals surface area contributed by atoms with Crippen molar-refractivity contribution in [3.63, 3.8) is 0 Å². The van der Waals surface area contributed by atoms with Gasteiger partial charge in [0.25, 0.3) is 6.01 Å². The van der Waals surface area contributed by atoms with Crippen LogP contribution in [-0.4, -0.2) is 37.7 Å². The number of anilines is 2. The highest BCUT2D eigenvalue weighted by Gasteiger charge is 2.36. The SMILES string of the molecule is CC(C)OC(=O)NC1CCC(c2ncc(-c3ccc(Nc4ncco4)cc3S(=N)(=O)C3CC3)s2)CC1. The number of ether oxygens (including phenoxy) is 1. The Labute approximate surface area is 215 Å². The topological polar surface area (TPSA) is 130 Å². The summed E-state index contributed by atoms with van der Waals surface area (Å²) < 4.78 is 32.8. The van der Waals surface area contributed by atoms with Crippen molar-refractivity contribution in [2.24, 2.45) is 0 Å². The number of carbonyl (C=O) groups excluding carboxylic acids is 1. The third-order valence-electron chi connectivity index (χ3n) is 6.52. The van der Waals surface area contributed by atoms with Crippen molar-refractivity contribution in [2.45, 2.75) is 80.6 Å². The summed E-state index contributed by atoms with van der Waals surface area (Å²) in [4.78, 5) is 22.2. The van der Waals surface area contributed by atoms with E-state index < -0.39 is 9.73 Å².